The van der Waals surface area contributed by atoms with Crippen molar-refractivity contribution in [2.45, 2.75) is 32.1 Å². The molecule has 1 aliphatic carbocycles. The zero-order valence-corrected chi connectivity index (χ0v) is 17.8. The molecule has 1 heterocycles. The van der Waals surface area contributed by atoms with Gasteiger partial charge in [-0.2, -0.15) is 0 Å². The molecule has 0 unspecified atom stereocenters. The van der Waals surface area contributed by atoms with Crippen LogP contribution in [0.5, 0.6) is 0 Å². The average molecular weight is 434 g/mol. The molecule has 0 aromatic heterocycles. The van der Waals surface area contributed by atoms with E-state index in [1.165, 1.54) is 23.1 Å². The monoisotopic (exact) mass is 434 g/mol. The van der Waals surface area contributed by atoms with Crippen molar-refractivity contribution in [3.63, 3.8) is 0 Å². The molecule has 32 heavy (non-hydrogen) atoms. The number of carboxylic acid groups (broad SMARTS) is 1. The number of aliphatic carboxylic acids is 1. The molecule has 166 valence electrons. The largest absolute Gasteiger partial charge is 0.481 e. The van der Waals surface area contributed by atoms with Crippen LogP contribution in [-0.2, 0) is 11.2 Å². The number of benzene rings is 2. The summed E-state index contributed by atoms with van der Waals surface area (Å²) >= 11 is 0. The summed E-state index contributed by atoms with van der Waals surface area (Å²) in [6.45, 7) is 0.555. The van der Waals surface area contributed by atoms with Crippen molar-refractivity contribution >= 4 is 23.7 Å². The lowest BCUT2D eigenvalue weighted by molar-refractivity contribution is -0.144. The van der Waals surface area contributed by atoms with Crippen LogP contribution in [0.25, 0.3) is 0 Å². The van der Waals surface area contributed by atoms with Crippen molar-refractivity contribution in [2.75, 3.05) is 13.1 Å². The van der Waals surface area contributed by atoms with Gasteiger partial charge in [0.05, 0.1) is 17.0 Å². The van der Waals surface area contributed by atoms with Gasteiger partial charge in [-0.15, -0.1) is 0 Å². The Morgan fingerprint density at radius 3 is 2.44 bits per heavy atom. The molecule has 3 amide bonds. The predicted octanol–water partition coefficient (Wildman–Crippen LogP) is 3.15. The molecule has 2 aromatic rings. The first-order valence-electron chi connectivity index (χ1n) is 11.0. The fraction of sp³-hybridized carbons (Fsp3) is 0.360. The summed E-state index contributed by atoms with van der Waals surface area (Å²) in [5.41, 5.74) is 1.86. The van der Waals surface area contributed by atoms with Gasteiger partial charge in [-0.3, -0.25) is 24.1 Å². The van der Waals surface area contributed by atoms with E-state index >= 15 is 0 Å². The fourth-order valence-electron chi connectivity index (χ4n) is 4.62. The van der Waals surface area contributed by atoms with Crippen LogP contribution >= 0.6 is 0 Å². The Morgan fingerprint density at radius 2 is 1.69 bits per heavy atom. The molecule has 0 spiro atoms. The van der Waals surface area contributed by atoms with Gasteiger partial charge in [0.2, 0.25) is 0 Å². The van der Waals surface area contributed by atoms with E-state index < -0.39 is 17.8 Å². The SMILES string of the molecule is O=C(NC[C@@H]1CCCC[C@@H]1C(=O)O)c1ccc2c(c1)C(=O)N(CCc1ccccc1)C2=O. The standard InChI is InChI=1S/C25H26N2O5/c28-22(26-15-18-8-4-5-9-19(18)25(31)32)17-10-11-20-21(14-17)24(30)27(23(20)29)13-12-16-6-2-1-3-7-16/h1-3,6-7,10-11,14,18-19H,4-5,8-9,12-13,15H2,(H,26,28)(H,31,32)/t18-,19-/m0/s1. The van der Waals surface area contributed by atoms with Crippen LogP contribution in [0.4, 0.5) is 0 Å². The van der Waals surface area contributed by atoms with Gasteiger partial charge >= 0.3 is 5.97 Å². The van der Waals surface area contributed by atoms with Crippen molar-refractivity contribution < 1.29 is 24.3 Å². The predicted molar refractivity (Wildman–Crippen MR) is 117 cm³/mol. The fourth-order valence-corrected chi connectivity index (χ4v) is 4.62. The second-order valence-corrected chi connectivity index (χ2v) is 8.46. The van der Waals surface area contributed by atoms with E-state index in [0.717, 1.165) is 24.8 Å². The molecule has 4 rings (SSSR count). The second-order valence-electron chi connectivity index (χ2n) is 8.46. The number of fused-ring (bicyclic) bond motifs is 1. The number of carboxylic acids is 1. The molecule has 7 nitrogen and oxygen atoms in total. The summed E-state index contributed by atoms with van der Waals surface area (Å²) in [6, 6.07) is 14.1. The van der Waals surface area contributed by atoms with Crippen molar-refractivity contribution in [3.8, 4) is 0 Å². The Bertz CT molecular complexity index is 1050. The first kappa shape index (κ1) is 21.7. The van der Waals surface area contributed by atoms with Crippen molar-refractivity contribution in [2.24, 2.45) is 11.8 Å². The zero-order valence-electron chi connectivity index (χ0n) is 17.8. The molecule has 0 bridgehead atoms. The number of nitrogens with zero attached hydrogens (tertiary/aromatic N) is 1. The number of rotatable bonds is 7. The third kappa shape index (κ3) is 4.42. The number of carbonyl (C=O) groups is 4. The molecule has 2 N–H and O–H groups in total. The van der Waals surface area contributed by atoms with Crippen LogP contribution in [0.3, 0.4) is 0 Å². The van der Waals surface area contributed by atoms with E-state index in [0.29, 0.717) is 18.4 Å². The topological polar surface area (TPSA) is 104 Å². The van der Waals surface area contributed by atoms with E-state index in [2.05, 4.69) is 5.32 Å². The summed E-state index contributed by atoms with van der Waals surface area (Å²) in [5, 5.41) is 12.2. The first-order valence-corrected chi connectivity index (χ1v) is 11.0. The van der Waals surface area contributed by atoms with Gasteiger partial charge in [0.1, 0.15) is 0 Å². The maximum atomic E-state index is 12.8. The summed E-state index contributed by atoms with van der Waals surface area (Å²) in [5.74, 6) is -2.47. The maximum Gasteiger partial charge on any atom is 0.306 e. The van der Waals surface area contributed by atoms with Gasteiger partial charge < -0.3 is 10.4 Å². The van der Waals surface area contributed by atoms with E-state index in [4.69, 9.17) is 0 Å². The highest BCUT2D eigenvalue weighted by molar-refractivity contribution is 6.22. The number of imide groups is 1. The average Bonchev–Trinajstić information content (AvgIpc) is 3.05. The summed E-state index contributed by atoms with van der Waals surface area (Å²) in [4.78, 5) is 50.9. The molecule has 2 aliphatic rings. The van der Waals surface area contributed by atoms with Gasteiger partial charge in [0.15, 0.2) is 0 Å². The lowest BCUT2D eigenvalue weighted by Gasteiger charge is -2.28. The van der Waals surface area contributed by atoms with Crippen molar-refractivity contribution in [1.82, 2.24) is 10.2 Å². The number of hydrogen-bond acceptors (Lipinski definition) is 4. The molecular weight excluding hydrogens is 408 g/mol. The minimum atomic E-state index is -0.818. The van der Waals surface area contributed by atoms with Crippen molar-refractivity contribution in [1.29, 1.82) is 0 Å². The Hall–Kier alpha value is -3.48. The van der Waals surface area contributed by atoms with Gasteiger partial charge in [-0.05, 0) is 48.9 Å². The number of amides is 3. The molecule has 0 saturated heterocycles. The molecule has 0 radical (unpaired) electrons. The number of hydrogen-bond donors (Lipinski definition) is 2. The molecule has 1 saturated carbocycles. The van der Waals surface area contributed by atoms with Gasteiger partial charge in [-0.1, -0.05) is 43.2 Å². The Labute approximate surface area is 186 Å². The lowest BCUT2D eigenvalue weighted by Crippen LogP contribution is -2.37. The van der Waals surface area contributed by atoms with Crippen LogP contribution in [0, 0.1) is 11.8 Å². The van der Waals surface area contributed by atoms with Crippen molar-refractivity contribution in [3.05, 3.63) is 70.8 Å². The summed E-state index contributed by atoms with van der Waals surface area (Å²) in [6.07, 6.45) is 3.81. The minimum absolute atomic E-state index is 0.101. The molecule has 2 atom stereocenters. The summed E-state index contributed by atoms with van der Waals surface area (Å²) < 4.78 is 0. The normalized spacial score (nSPS) is 20.2. The van der Waals surface area contributed by atoms with Crippen LogP contribution in [0.2, 0.25) is 0 Å². The molecule has 1 fully saturated rings. The molecule has 1 aliphatic heterocycles. The van der Waals surface area contributed by atoms with E-state index in [1.807, 2.05) is 30.3 Å². The summed E-state index contributed by atoms with van der Waals surface area (Å²) in [7, 11) is 0. The van der Waals surface area contributed by atoms with Crippen LogP contribution < -0.4 is 5.32 Å². The first-order chi connectivity index (χ1) is 15.5. The third-order valence-corrected chi connectivity index (χ3v) is 6.45. The molecular formula is C25H26N2O5. The number of nitrogens with one attached hydrogen (secondary N) is 1. The highest BCUT2D eigenvalue weighted by Crippen LogP contribution is 2.30. The van der Waals surface area contributed by atoms with Crippen LogP contribution in [0.15, 0.2) is 48.5 Å². The molecule has 2 aromatic carbocycles. The smallest absolute Gasteiger partial charge is 0.306 e. The third-order valence-electron chi connectivity index (χ3n) is 6.45. The highest BCUT2D eigenvalue weighted by Gasteiger charge is 2.36. The molecule has 7 heteroatoms. The van der Waals surface area contributed by atoms with Gasteiger partial charge in [0.25, 0.3) is 17.7 Å². The maximum absolute atomic E-state index is 12.8. The number of carbonyl (C=O) groups excluding carboxylic acids is 3. The Kier molecular flexibility index (Phi) is 6.35. The Balaban J connectivity index is 1.41. The second kappa shape index (κ2) is 9.34. The van der Waals surface area contributed by atoms with E-state index in [-0.39, 0.29) is 41.9 Å². The van der Waals surface area contributed by atoms with E-state index in [9.17, 15) is 24.3 Å². The lowest BCUT2D eigenvalue weighted by atomic mass is 9.79. The highest BCUT2D eigenvalue weighted by atomic mass is 16.4. The van der Waals surface area contributed by atoms with Crippen LogP contribution in [-0.4, -0.2) is 46.8 Å². The van der Waals surface area contributed by atoms with Gasteiger partial charge in [-0.25, -0.2) is 0 Å². The van der Waals surface area contributed by atoms with E-state index in [1.54, 1.807) is 0 Å². The zero-order chi connectivity index (χ0) is 22.7. The quantitative estimate of drug-likeness (QED) is 0.652. The van der Waals surface area contributed by atoms with Crippen LogP contribution in [0.1, 0.15) is 62.3 Å². The Morgan fingerprint density at radius 1 is 0.969 bits per heavy atom. The minimum Gasteiger partial charge on any atom is -0.481 e. The van der Waals surface area contributed by atoms with Gasteiger partial charge in [0, 0.05) is 18.7 Å².